The monoisotopic (exact) mass is 238 g/mol. The summed E-state index contributed by atoms with van der Waals surface area (Å²) in [5, 5.41) is 0. The SMILES string of the molecule is CC1CC(=O)N(CC(CN)C(F)(F)F)C1=O. The van der Waals surface area contributed by atoms with Crippen LogP contribution in [0.25, 0.3) is 0 Å². The van der Waals surface area contributed by atoms with Crippen molar-refractivity contribution in [3.63, 3.8) is 0 Å². The minimum Gasteiger partial charge on any atom is -0.330 e. The Hall–Kier alpha value is -1.11. The van der Waals surface area contributed by atoms with Gasteiger partial charge in [0.2, 0.25) is 11.8 Å². The van der Waals surface area contributed by atoms with Gasteiger partial charge < -0.3 is 5.73 Å². The third-order valence-corrected chi connectivity index (χ3v) is 2.62. The van der Waals surface area contributed by atoms with E-state index < -0.39 is 42.9 Å². The predicted molar refractivity (Wildman–Crippen MR) is 49.1 cm³/mol. The van der Waals surface area contributed by atoms with Crippen LogP contribution in [0, 0.1) is 11.8 Å². The van der Waals surface area contributed by atoms with Crippen LogP contribution in [0.1, 0.15) is 13.3 Å². The molecular weight excluding hydrogens is 225 g/mol. The summed E-state index contributed by atoms with van der Waals surface area (Å²) in [6.45, 7) is 0.224. The number of hydrogen-bond acceptors (Lipinski definition) is 3. The zero-order valence-corrected chi connectivity index (χ0v) is 8.75. The van der Waals surface area contributed by atoms with Crippen molar-refractivity contribution in [2.24, 2.45) is 17.6 Å². The maximum Gasteiger partial charge on any atom is 0.394 e. The summed E-state index contributed by atoms with van der Waals surface area (Å²) in [6.07, 6.45) is -4.50. The number of rotatable bonds is 3. The first kappa shape index (κ1) is 13.0. The van der Waals surface area contributed by atoms with E-state index in [0.717, 1.165) is 0 Å². The minimum absolute atomic E-state index is 0.0199. The van der Waals surface area contributed by atoms with E-state index in [1.54, 1.807) is 0 Å². The normalized spacial score (nSPS) is 24.1. The van der Waals surface area contributed by atoms with Gasteiger partial charge in [0.1, 0.15) is 0 Å². The molecule has 2 atom stereocenters. The van der Waals surface area contributed by atoms with Crippen molar-refractivity contribution in [1.82, 2.24) is 4.90 Å². The number of nitrogens with zero attached hydrogens (tertiary/aromatic N) is 1. The highest BCUT2D eigenvalue weighted by molar-refractivity contribution is 6.03. The van der Waals surface area contributed by atoms with E-state index in [0.29, 0.717) is 4.90 Å². The van der Waals surface area contributed by atoms with Crippen molar-refractivity contribution < 1.29 is 22.8 Å². The third kappa shape index (κ3) is 2.52. The molecule has 1 rings (SSSR count). The van der Waals surface area contributed by atoms with Gasteiger partial charge in [0, 0.05) is 25.4 Å². The molecule has 2 amide bonds. The Balaban J connectivity index is 2.73. The number of alkyl halides is 3. The fourth-order valence-electron chi connectivity index (χ4n) is 1.57. The molecule has 92 valence electrons. The standard InChI is InChI=1S/C9H13F3N2O2/c1-5-2-7(15)14(8(5)16)4-6(3-13)9(10,11)12/h5-6H,2-4,13H2,1H3. The molecule has 2 unspecified atom stereocenters. The number of nitrogens with two attached hydrogens (primary N) is 1. The van der Waals surface area contributed by atoms with Gasteiger partial charge in [0.25, 0.3) is 0 Å². The highest BCUT2D eigenvalue weighted by atomic mass is 19.4. The number of hydrogen-bond donors (Lipinski definition) is 1. The van der Waals surface area contributed by atoms with Crippen LogP contribution < -0.4 is 5.73 Å². The first-order chi connectivity index (χ1) is 7.27. The second-order valence-corrected chi connectivity index (χ2v) is 3.92. The molecule has 0 radical (unpaired) electrons. The van der Waals surface area contributed by atoms with E-state index in [-0.39, 0.29) is 6.42 Å². The first-order valence-corrected chi connectivity index (χ1v) is 4.88. The number of imide groups is 1. The average Bonchev–Trinajstić information content (AvgIpc) is 2.37. The van der Waals surface area contributed by atoms with E-state index >= 15 is 0 Å². The summed E-state index contributed by atoms with van der Waals surface area (Å²) >= 11 is 0. The fourth-order valence-corrected chi connectivity index (χ4v) is 1.57. The molecule has 16 heavy (non-hydrogen) atoms. The molecule has 0 aliphatic carbocycles. The Labute approximate surface area is 90.6 Å². The topological polar surface area (TPSA) is 63.4 Å². The molecule has 1 heterocycles. The van der Waals surface area contributed by atoms with Crippen molar-refractivity contribution in [3.8, 4) is 0 Å². The lowest BCUT2D eigenvalue weighted by Crippen LogP contribution is -2.43. The van der Waals surface area contributed by atoms with Gasteiger partial charge in [0.05, 0.1) is 5.92 Å². The van der Waals surface area contributed by atoms with Gasteiger partial charge in [-0.25, -0.2) is 0 Å². The zero-order chi connectivity index (χ0) is 12.5. The van der Waals surface area contributed by atoms with Gasteiger partial charge in [0.15, 0.2) is 0 Å². The molecule has 0 bridgehead atoms. The Morgan fingerprint density at radius 2 is 2.06 bits per heavy atom. The largest absolute Gasteiger partial charge is 0.394 e. The van der Waals surface area contributed by atoms with Gasteiger partial charge in [-0.1, -0.05) is 6.92 Å². The van der Waals surface area contributed by atoms with Crippen LogP contribution >= 0.6 is 0 Å². The first-order valence-electron chi connectivity index (χ1n) is 4.88. The lowest BCUT2D eigenvalue weighted by Gasteiger charge is -2.23. The zero-order valence-electron chi connectivity index (χ0n) is 8.75. The smallest absolute Gasteiger partial charge is 0.330 e. The summed E-state index contributed by atoms with van der Waals surface area (Å²) in [6, 6.07) is 0. The summed E-state index contributed by atoms with van der Waals surface area (Å²) < 4.78 is 37.2. The van der Waals surface area contributed by atoms with Gasteiger partial charge in [-0.15, -0.1) is 0 Å². The summed E-state index contributed by atoms with van der Waals surface area (Å²) in [4.78, 5) is 23.3. The number of carbonyl (C=O) groups is 2. The molecule has 1 fully saturated rings. The Morgan fingerprint density at radius 3 is 2.38 bits per heavy atom. The third-order valence-electron chi connectivity index (χ3n) is 2.62. The molecule has 0 aromatic heterocycles. The Morgan fingerprint density at radius 1 is 1.50 bits per heavy atom. The molecule has 1 saturated heterocycles. The van der Waals surface area contributed by atoms with Gasteiger partial charge >= 0.3 is 6.18 Å². The van der Waals surface area contributed by atoms with Crippen LogP contribution in [0.5, 0.6) is 0 Å². The van der Waals surface area contributed by atoms with E-state index in [4.69, 9.17) is 5.73 Å². The molecule has 2 N–H and O–H groups in total. The lowest BCUT2D eigenvalue weighted by atomic mass is 10.1. The number of halogens is 3. The lowest BCUT2D eigenvalue weighted by molar-refractivity contribution is -0.178. The Bertz CT molecular complexity index is 304. The molecule has 0 saturated carbocycles. The second-order valence-electron chi connectivity index (χ2n) is 3.92. The van der Waals surface area contributed by atoms with Crippen molar-refractivity contribution in [3.05, 3.63) is 0 Å². The van der Waals surface area contributed by atoms with Crippen molar-refractivity contribution in [2.45, 2.75) is 19.5 Å². The molecule has 0 aromatic rings. The summed E-state index contributed by atoms with van der Waals surface area (Å²) in [5.74, 6) is -3.47. The maximum absolute atomic E-state index is 12.4. The van der Waals surface area contributed by atoms with Crippen LogP contribution in [-0.2, 0) is 9.59 Å². The van der Waals surface area contributed by atoms with Crippen molar-refractivity contribution >= 4 is 11.8 Å². The summed E-state index contributed by atoms with van der Waals surface area (Å²) in [5.41, 5.74) is 4.99. The Kier molecular flexibility index (Phi) is 3.57. The van der Waals surface area contributed by atoms with Crippen LogP contribution in [0.3, 0.4) is 0 Å². The molecule has 1 aliphatic rings. The quantitative estimate of drug-likeness (QED) is 0.729. The van der Waals surface area contributed by atoms with Crippen molar-refractivity contribution in [2.75, 3.05) is 13.1 Å². The van der Waals surface area contributed by atoms with Gasteiger partial charge in [-0.2, -0.15) is 13.2 Å². The van der Waals surface area contributed by atoms with Gasteiger partial charge in [-0.3, -0.25) is 14.5 Å². The summed E-state index contributed by atoms with van der Waals surface area (Å²) in [7, 11) is 0. The molecule has 0 spiro atoms. The fraction of sp³-hybridized carbons (Fsp3) is 0.778. The molecular formula is C9H13F3N2O2. The van der Waals surface area contributed by atoms with Crippen LogP contribution in [-0.4, -0.2) is 36.0 Å². The highest BCUT2D eigenvalue weighted by Gasteiger charge is 2.44. The maximum atomic E-state index is 12.4. The van der Waals surface area contributed by atoms with E-state index in [9.17, 15) is 22.8 Å². The van der Waals surface area contributed by atoms with Crippen molar-refractivity contribution in [1.29, 1.82) is 0 Å². The number of carbonyl (C=O) groups excluding carboxylic acids is 2. The molecule has 4 nitrogen and oxygen atoms in total. The minimum atomic E-state index is -4.48. The van der Waals surface area contributed by atoms with Crippen LogP contribution in [0.4, 0.5) is 13.2 Å². The predicted octanol–water partition coefficient (Wildman–Crippen LogP) is 0.519. The van der Waals surface area contributed by atoms with E-state index in [2.05, 4.69) is 0 Å². The van der Waals surface area contributed by atoms with Gasteiger partial charge in [-0.05, 0) is 0 Å². The molecule has 0 aromatic carbocycles. The molecule has 1 aliphatic heterocycles. The highest BCUT2D eigenvalue weighted by Crippen LogP contribution is 2.28. The van der Waals surface area contributed by atoms with Crippen LogP contribution in [0.2, 0.25) is 0 Å². The number of amides is 2. The average molecular weight is 238 g/mol. The van der Waals surface area contributed by atoms with E-state index in [1.165, 1.54) is 6.92 Å². The second kappa shape index (κ2) is 4.40. The van der Waals surface area contributed by atoms with Crippen LogP contribution in [0.15, 0.2) is 0 Å². The number of likely N-dealkylation sites (tertiary alicyclic amines) is 1. The molecule has 7 heteroatoms. The van der Waals surface area contributed by atoms with E-state index in [1.807, 2.05) is 0 Å².